The first-order chi connectivity index (χ1) is 11.1. The first kappa shape index (κ1) is 16.6. The van der Waals surface area contributed by atoms with Crippen molar-refractivity contribution in [1.29, 1.82) is 0 Å². The number of hydrogen-bond acceptors (Lipinski definition) is 2. The molecule has 3 aromatic carbocycles. The molecule has 0 bridgehead atoms. The summed E-state index contributed by atoms with van der Waals surface area (Å²) in [4.78, 5) is 0. The number of nitrogens with one attached hydrogen (secondary N) is 1. The molecule has 0 aliphatic heterocycles. The van der Waals surface area contributed by atoms with Gasteiger partial charge in [0, 0.05) is 12.7 Å². The maximum absolute atomic E-state index is 8.82. The van der Waals surface area contributed by atoms with Crippen molar-refractivity contribution >= 4 is 5.69 Å². The zero-order chi connectivity index (χ0) is 16.7. The Kier molecular flexibility index (Phi) is 5.81. The van der Waals surface area contributed by atoms with E-state index in [0.29, 0.717) is 5.75 Å². The molecule has 23 heavy (non-hydrogen) atoms. The number of hydrogen-bond donors (Lipinski definition) is 2. The van der Waals surface area contributed by atoms with Gasteiger partial charge in [0.2, 0.25) is 0 Å². The fourth-order valence-corrected chi connectivity index (χ4v) is 2.12. The van der Waals surface area contributed by atoms with Crippen LogP contribution in [0.1, 0.15) is 11.1 Å². The monoisotopic (exact) mass is 305 g/mol. The van der Waals surface area contributed by atoms with Crippen molar-refractivity contribution in [2.24, 2.45) is 0 Å². The van der Waals surface area contributed by atoms with Gasteiger partial charge < -0.3 is 10.4 Å². The summed E-state index contributed by atoms with van der Waals surface area (Å²) in [6.07, 6.45) is 0. The zero-order valence-corrected chi connectivity index (χ0v) is 13.9. The van der Waals surface area contributed by atoms with E-state index >= 15 is 0 Å². The number of rotatable bonds is 2. The van der Waals surface area contributed by atoms with Crippen LogP contribution in [0.15, 0.2) is 72.8 Å². The van der Waals surface area contributed by atoms with Crippen molar-refractivity contribution in [3.8, 4) is 16.9 Å². The van der Waals surface area contributed by atoms with Gasteiger partial charge in [-0.1, -0.05) is 59.7 Å². The van der Waals surface area contributed by atoms with E-state index in [0.717, 1.165) is 5.69 Å². The van der Waals surface area contributed by atoms with Gasteiger partial charge in [0.1, 0.15) is 5.75 Å². The normalized spacial score (nSPS) is 9.70. The summed E-state index contributed by atoms with van der Waals surface area (Å²) in [7, 11) is 1.84. The third kappa shape index (κ3) is 5.19. The van der Waals surface area contributed by atoms with Crippen LogP contribution in [-0.4, -0.2) is 12.2 Å². The number of benzene rings is 3. The van der Waals surface area contributed by atoms with Crippen molar-refractivity contribution in [2.75, 3.05) is 12.4 Å². The minimum Gasteiger partial charge on any atom is -0.508 e. The molecule has 0 saturated heterocycles. The highest BCUT2D eigenvalue weighted by Gasteiger charge is 1.95. The second-order valence-corrected chi connectivity index (χ2v) is 5.53. The standard InChI is InChI=1S/C14H14.C7H9NO/c1-11-3-7-13(8-4-11)14-9-5-12(2)6-10-14;1-8-6-2-4-7(9)5-3-6/h3-10H,1-2H3;2-5,8-9H,1H3. The van der Waals surface area contributed by atoms with Crippen LogP contribution in [0.5, 0.6) is 5.75 Å². The predicted octanol–water partition coefficient (Wildman–Crippen LogP) is 5.40. The molecule has 2 N–H and O–H groups in total. The summed E-state index contributed by atoms with van der Waals surface area (Å²) in [5, 5.41) is 11.8. The largest absolute Gasteiger partial charge is 0.508 e. The average molecular weight is 305 g/mol. The van der Waals surface area contributed by atoms with Crippen LogP contribution in [0, 0.1) is 13.8 Å². The van der Waals surface area contributed by atoms with Crippen molar-refractivity contribution in [3.05, 3.63) is 83.9 Å². The summed E-state index contributed by atoms with van der Waals surface area (Å²) >= 11 is 0. The molecule has 0 aliphatic rings. The molecule has 0 radical (unpaired) electrons. The molecule has 0 amide bonds. The molecule has 0 spiro atoms. The van der Waals surface area contributed by atoms with Gasteiger partial charge in [-0.2, -0.15) is 0 Å². The highest BCUT2D eigenvalue weighted by Crippen LogP contribution is 2.19. The Morgan fingerprint density at radius 2 is 1.00 bits per heavy atom. The van der Waals surface area contributed by atoms with E-state index in [9.17, 15) is 0 Å². The Morgan fingerprint density at radius 3 is 1.35 bits per heavy atom. The number of anilines is 1. The Morgan fingerprint density at radius 1 is 0.609 bits per heavy atom. The van der Waals surface area contributed by atoms with E-state index in [1.54, 1.807) is 12.1 Å². The smallest absolute Gasteiger partial charge is 0.115 e. The molecule has 0 fully saturated rings. The topological polar surface area (TPSA) is 32.3 Å². The lowest BCUT2D eigenvalue weighted by Gasteiger charge is -2.02. The molecular formula is C21H23NO. The Labute approximate surface area is 138 Å². The highest BCUT2D eigenvalue weighted by atomic mass is 16.3. The lowest BCUT2D eigenvalue weighted by Crippen LogP contribution is -1.84. The third-order valence-corrected chi connectivity index (χ3v) is 3.59. The van der Waals surface area contributed by atoms with E-state index in [2.05, 4.69) is 67.7 Å². The molecule has 2 heteroatoms. The second kappa shape index (κ2) is 8.04. The molecular weight excluding hydrogens is 282 g/mol. The van der Waals surface area contributed by atoms with Gasteiger partial charge in [-0.05, 0) is 49.2 Å². The molecule has 0 heterocycles. The van der Waals surface area contributed by atoms with Crippen LogP contribution in [0.3, 0.4) is 0 Å². The first-order valence-corrected chi connectivity index (χ1v) is 7.69. The van der Waals surface area contributed by atoms with Gasteiger partial charge in [-0.15, -0.1) is 0 Å². The van der Waals surface area contributed by atoms with Gasteiger partial charge in [-0.25, -0.2) is 0 Å². The number of phenolic OH excluding ortho intramolecular Hbond substituents is 1. The van der Waals surface area contributed by atoms with E-state index < -0.39 is 0 Å². The number of aromatic hydroxyl groups is 1. The average Bonchev–Trinajstić information content (AvgIpc) is 2.58. The van der Waals surface area contributed by atoms with Crippen molar-refractivity contribution in [1.82, 2.24) is 0 Å². The molecule has 0 atom stereocenters. The Balaban J connectivity index is 0.000000185. The van der Waals surface area contributed by atoms with Crippen LogP contribution >= 0.6 is 0 Å². The first-order valence-electron chi connectivity index (χ1n) is 7.69. The van der Waals surface area contributed by atoms with Crippen molar-refractivity contribution in [2.45, 2.75) is 13.8 Å². The molecule has 3 aromatic rings. The maximum atomic E-state index is 8.82. The Hall–Kier alpha value is -2.74. The van der Waals surface area contributed by atoms with Gasteiger partial charge in [0.15, 0.2) is 0 Å². The lowest BCUT2D eigenvalue weighted by atomic mass is 10.0. The van der Waals surface area contributed by atoms with Crippen LogP contribution < -0.4 is 5.32 Å². The summed E-state index contributed by atoms with van der Waals surface area (Å²) in [6, 6.07) is 24.2. The molecule has 0 saturated carbocycles. The van der Waals surface area contributed by atoms with Crippen LogP contribution in [0.2, 0.25) is 0 Å². The molecule has 0 aliphatic carbocycles. The SMILES string of the molecule is CNc1ccc(O)cc1.Cc1ccc(-c2ccc(C)cc2)cc1. The van der Waals surface area contributed by atoms with Gasteiger partial charge in [-0.3, -0.25) is 0 Å². The van der Waals surface area contributed by atoms with Gasteiger partial charge >= 0.3 is 0 Å². The second-order valence-electron chi connectivity index (χ2n) is 5.53. The highest BCUT2D eigenvalue weighted by molar-refractivity contribution is 5.63. The third-order valence-electron chi connectivity index (χ3n) is 3.59. The summed E-state index contributed by atoms with van der Waals surface area (Å²) in [6.45, 7) is 4.22. The molecule has 0 aromatic heterocycles. The number of aryl methyl sites for hydroxylation is 2. The summed E-state index contributed by atoms with van der Waals surface area (Å²) in [5.74, 6) is 0.300. The summed E-state index contributed by atoms with van der Waals surface area (Å²) in [5.41, 5.74) is 6.20. The quantitative estimate of drug-likeness (QED) is 0.621. The van der Waals surface area contributed by atoms with E-state index in [-0.39, 0.29) is 0 Å². The Bertz CT molecular complexity index is 670. The van der Waals surface area contributed by atoms with Crippen molar-refractivity contribution < 1.29 is 5.11 Å². The van der Waals surface area contributed by atoms with E-state index in [1.165, 1.54) is 22.3 Å². The van der Waals surface area contributed by atoms with Crippen molar-refractivity contribution in [3.63, 3.8) is 0 Å². The predicted molar refractivity (Wildman–Crippen MR) is 99.0 cm³/mol. The minimum atomic E-state index is 0.300. The number of phenols is 1. The molecule has 118 valence electrons. The van der Waals surface area contributed by atoms with Crippen LogP contribution in [0.4, 0.5) is 5.69 Å². The molecule has 0 unspecified atom stereocenters. The fraction of sp³-hybridized carbons (Fsp3) is 0.143. The van der Waals surface area contributed by atoms with Crippen LogP contribution in [-0.2, 0) is 0 Å². The van der Waals surface area contributed by atoms with Gasteiger partial charge in [0.25, 0.3) is 0 Å². The molecule has 2 nitrogen and oxygen atoms in total. The minimum absolute atomic E-state index is 0.300. The van der Waals surface area contributed by atoms with E-state index in [4.69, 9.17) is 5.11 Å². The lowest BCUT2D eigenvalue weighted by molar-refractivity contribution is 0.475. The molecule has 3 rings (SSSR count). The van der Waals surface area contributed by atoms with Gasteiger partial charge in [0.05, 0.1) is 0 Å². The van der Waals surface area contributed by atoms with E-state index in [1.807, 2.05) is 19.2 Å². The van der Waals surface area contributed by atoms with Crippen LogP contribution in [0.25, 0.3) is 11.1 Å². The summed E-state index contributed by atoms with van der Waals surface area (Å²) < 4.78 is 0. The maximum Gasteiger partial charge on any atom is 0.115 e. The fourth-order valence-electron chi connectivity index (χ4n) is 2.12. The zero-order valence-electron chi connectivity index (χ0n) is 13.9.